The van der Waals surface area contributed by atoms with Crippen LogP contribution in [0.15, 0.2) is 72.8 Å². The van der Waals surface area contributed by atoms with Crippen LogP contribution in [0.4, 0.5) is 11.4 Å². The number of para-hydroxylation sites is 3. The minimum atomic E-state index is -0.472. The monoisotopic (exact) mass is 411 g/mol. The lowest BCUT2D eigenvalue weighted by Gasteiger charge is -2.06. The number of carbonyl (C=O) groups is 1. The van der Waals surface area contributed by atoms with Crippen molar-refractivity contribution in [3.63, 3.8) is 0 Å². The van der Waals surface area contributed by atoms with Crippen LogP contribution in [0.2, 0.25) is 0 Å². The fourth-order valence-corrected chi connectivity index (χ4v) is 3.72. The van der Waals surface area contributed by atoms with Crippen LogP contribution in [0.1, 0.15) is 10.5 Å². The van der Waals surface area contributed by atoms with Crippen LogP contribution in [0.25, 0.3) is 33.3 Å². The average molecular weight is 411 g/mol. The SMILES string of the molecule is Cn1c(-c2ccc(NC(=O)c3cc4cccc([N+](=O)[O-])c4[nH]3)cc2)nc2ccccc21. The Hall–Kier alpha value is -4.46. The van der Waals surface area contributed by atoms with Crippen LogP contribution in [0, 0.1) is 10.1 Å². The van der Waals surface area contributed by atoms with Gasteiger partial charge in [0.1, 0.15) is 17.0 Å². The number of fused-ring (bicyclic) bond motifs is 2. The zero-order valence-electron chi connectivity index (χ0n) is 16.5. The van der Waals surface area contributed by atoms with E-state index < -0.39 is 4.92 Å². The molecule has 8 heteroatoms. The third-order valence-electron chi connectivity index (χ3n) is 5.26. The molecule has 0 fully saturated rings. The number of nitro benzene ring substituents is 1. The predicted octanol–water partition coefficient (Wildman–Crippen LogP) is 4.88. The topological polar surface area (TPSA) is 106 Å². The highest BCUT2D eigenvalue weighted by atomic mass is 16.6. The lowest BCUT2D eigenvalue weighted by atomic mass is 10.2. The van der Waals surface area contributed by atoms with E-state index in [1.807, 2.05) is 48.0 Å². The highest BCUT2D eigenvalue weighted by Crippen LogP contribution is 2.27. The summed E-state index contributed by atoms with van der Waals surface area (Å²) in [6.45, 7) is 0. The van der Waals surface area contributed by atoms with Crippen LogP contribution in [0.5, 0.6) is 0 Å². The van der Waals surface area contributed by atoms with E-state index in [9.17, 15) is 14.9 Å². The molecule has 152 valence electrons. The van der Waals surface area contributed by atoms with Gasteiger partial charge in [0.25, 0.3) is 11.6 Å². The van der Waals surface area contributed by atoms with Crippen molar-refractivity contribution in [3.05, 3.63) is 88.6 Å². The molecule has 1 amide bonds. The number of aryl methyl sites for hydroxylation is 1. The minimum Gasteiger partial charge on any atom is -0.345 e. The number of carbonyl (C=O) groups excluding carboxylic acids is 1. The third kappa shape index (κ3) is 3.20. The Bertz CT molecular complexity index is 1460. The average Bonchev–Trinajstić information content (AvgIpc) is 3.36. The van der Waals surface area contributed by atoms with Gasteiger partial charge in [-0.2, -0.15) is 0 Å². The molecule has 2 N–H and O–H groups in total. The minimum absolute atomic E-state index is 0.0663. The van der Waals surface area contributed by atoms with E-state index in [1.165, 1.54) is 6.07 Å². The highest BCUT2D eigenvalue weighted by Gasteiger charge is 2.17. The summed E-state index contributed by atoms with van der Waals surface area (Å²) in [5, 5.41) is 14.6. The van der Waals surface area contributed by atoms with E-state index in [4.69, 9.17) is 0 Å². The lowest BCUT2D eigenvalue weighted by molar-refractivity contribution is -0.383. The Morgan fingerprint density at radius 1 is 1.06 bits per heavy atom. The van der Waals surface area contributed by atoms with Crippen molar-refractivity contribution in [2.75, 3.05) is 5.32 Å². The molecule has 0 unspecified atom stereocenters. The van der Waals surface area contributed by atoms with Crippen molar-refractivity contribution < 1.29 is 9.72 Å². The second kappa shape index (κ2) is 7.10. The van der Waals surface area contributed by atoms with Gasteiger partial charge in [-0.05, 0) is 42.5 Å². The molecule has 0 aliphatic carbocycles. The smallest absolute Gasteiger partial charge is 0.293 e. The molecule has 0 radical (unpaired) electrons. The standard InChI is InChI=1S/C23H17N5O3/c1-27-19-7-3-2-6-17(19)26-22(27)14-9-11-16(12-10-14)24-23(29)18-13-15-5-4-8-20(28(30)31)21(15)25-18/h2-13,25H,1H3,(H,24,29). The van der Waals surface area contributed by atoms with Gasteiger partial charge in [0.05, 0.1) is 16.0 Å². The molecule has 8 nitrogen and oxygen atoms in total. The summed E-state index contributed by atoms with van der Waals surface area (Å²) in [5.74, 6) is 0.461. The largest absolute Gasteiger partial charge is 0.345 e. The number of imidazole rings is 1. The predicted molar refractivity (Wildman–Crippen MR) is 119 cm³/mol. The maximum absolute atomic E-state index is 12.7. The molecule has 0 atom stereocenters. The van der Waals surface area contributed by atoms with E-state index in [1.54, 1.807) is 30.3 Å². The zero-order valence-corrected chi connectivity index (χ0v) is 16.5. The molecule has 0 aliphatic rings. The van der Waals surface area contributed by atoms with Crippen molar-refractivity contribution in [1.82, 2.24) is 14.5 Å². The van der Waals surface area contributed by atoms with Gasteiger partial charge in [0.15, 0.2) is 0 Å². The van der Waals surface area contributed by atoms with Crippen LogP contribution in [-0.4, -0.2) is 25.4 Å². The molecular formula is C23H17N5O3. The molecule has 31 heavy (non-hydrogen) atoms. The Morgan fingerprint density at radius 2 is 1.84 bits per heavy atom. The van der Waals surface area contributed by atoms with Crippen molar-refractivity contribution in [2.45, 2.75) is 0 Å². The quantitative estimate of drug-likeness (QED) is 0.325. The first-order valence-electron chi connectivity index (χ1n) is 9.60. The van der Waals surface area contributed by atoms with Gasteiger partial charge in [-0.15, -0.1) is 0 Å². The summed E-state index contributed by atoms with van der Waals surface area (Å²) >= 11 is 0. The summed E-state index contributed by atoms with van der Waals surface area (Å²) in [4.78, 5) is 30.9. The molecule has 3 aromatic carbocycles. The number of aromatic nitrogens is 3. The first-order valence-corrected chi connectivity index (χ1v) is 9.60. The van der Waals surface area contributed by atoms with Gasteiger partial charge in [0, 0.05) is 29.8 Å². The van der Waals surface area contributed by atoms with E-state index in [2.05, 4.69) is 15.3 Å². The van der Waals surface area contributed by atoms with E-state index >= 15 is 0 Å². The van der Waals surface area contributed by atoms with Gasteiger partial charge >= 0.3 is 0 Å². The Labute approximate surface area is 176 Å². The fourth-order valence-electron chi connectivity index (χ4n) is 3.72. The van der Waals surface area contributed by atoms with E-state index in [0.717, 1.165) is 22.4 Å². The molecule has 0 bridgehead atoms. The molecule has 5 rings (SSSR count). The Balaban J connectivity index is 1.40. The highest BCUT2D eigenvalue weighted by molar-refractivity contribution is 6.07. The Kier molecular flexibility index (Phi) is 4.25. The second-order valence-electron chi connectivity index (χ2n) is 7.20. The van der Waals surface area contributed by atoms with Crippen LogP contribution < -0.4 is 5.32 Å². The molecule has 5 aromatic rings. The number of aromatic amines is 1. The summed E-state index contributed by atoms with van der Waals surface area (Å²) in [7, 11) is 1.97. The number of nitro groups is 1. The normalized spacial score (nSPS) is 11.1. The lowest BCUT2D eigenvalue weighted by Crippen LogP contribution is -2.12. The number of rotatable bonds is 4. The van der Waals surface area contributed by atoms with Crippen LogP contribution in [-0.2, 0) is 7.05 Å². The van der Waals surface area contributed by atoms with Gasteiger partial charge in [-0.25, -0.2) is 4.98 Å². The maximum Gasteiger partial charge on any atom is 0.293 e. The van der Waals surface area contributed by atoms with Gasteiger partial charge in [0.2, 0.25) is 0 Å². The molecular weight excluding hydrogens is 394 g/mol. The number of nitrogens with zero attached hydrogens (tertiary/aromatic N) is 3. The maximum atomic E-state index is 12.7. The summed E-state index contributed by atoms with van der Waals surface area (Å²) in [5.41, 5.74) is 4.02. The number of H-pyrrole nitrogens is 1. The van der Waals surface area contributed by atoms with Gasteiger partial charge < -0.3 is 14.9 Å². The van der Waals surface area contributed by atoms with Crippen LogP contribution >= 0.6 is 0 Å². The summed E-state index contributed by atoms with van der Waals surface area (Å²) < 4.78 is 2.03. The molecule has 0 spiro atoms. The van der Waals surface area contributed by atoms with Crippen molar-refractivity contribution >= 4 is 39.2 Å². The third-order valence-corrected chi connectivity index (χ3v) is 5.26. The number of hydrogen-bond donors (Lipinski definition) is 2. The second-order valence-corrected chi connectivity index (χ2v) is 7.20. The number of benzene rings is 3. The van der Waals surface area contributed by atoms with Crippen molar-refractivity contribution in [3.8, 4) is 11.4 Å². The van der Waals surface area contributed by atoms with E-state index in [-0.39, 0.29) is 17.3 Å². The first-order chi connectivity index (χ1) is 15.0. The fraction of sp³-hybridized carbons (Fsp3) is 0.0435. The number of amides is 1. The molecule has 0 saturated heterocycles. The molecule has 0 aliphatic heterocycles. The van der Waals surface area contributed by atoms with Gasteiger partial charge in [-0.3, -0.25) is 14.9 Å². The first kappa shape index (κ1) is 18.6. The zero-order chi connectivity index (χ0) is 21.5. The molecule has 0 saturated carbocycles. The van der Waals surface area contributed by atoms with Crippen molar-refractivity contribution in [1.29, 1.82) is 0 Å². The number of anilines is 1. The number of non-ortho nitro benzene ring substituents is 1. The summed E-state index contributed by atoms with van der Waals surface area (Å²) in [6, 6.07) is 21.6. The molecule has 2 heterocycles. The summed E-state index contributed by atoms with van der Waals surface area (Å²) in [6.07, 6.45) is 0. The van der Waals surface area contributed by atoms with Crippen LogP contribution in [0.3, 0.4) is 0 Å². The van der Waals surface area contributed by atoms with Crippen molar-refractivity contribution in [2.24, 2.45) is 7.05 Å². The molecule has 2 aromatic heterocycles. The Morgan fingerprint density at radius 3 is 2.58 bits per heavy atom. The van der Waals surface area contributed by atoms with Gasteiger partial charge in [-0.1, -0.05) is 24.3 Å². The van der Waals surface area contributed by atoms with E-state index in [0.29, 0.717) is 16.6 Å². The number of nitrogens with one attached hydrogen (secondary N) is 2. The number of hydrogen-bond acceptors (Lipinski definition) is 4.